The zero-order valence-electron chi connectivity index (χ0n) is 11.4. The Balaban J connectivity index is 1.93. The largest absolute Gasteiger partial charge is 0.278 e. The predicted octanol–water partition coefficient (Wildman–Crippen LogP) is 2.63. The molecule has 21 heavy (non-hydrogen) atoms. The standard InChI is InChI=1S/C13H15N3O3S2/c1-13(20-6-7-21-13)8-12(17)15-14-9-10-4-2-3-5-11(10)16(18)19/h2-5,9H,6-8H2,1H3,(H,15,17). The van der Waals surface area contributed by atoms with Crippen molar-refractivity contribution in [2.24, 2.45) is 5.10 Å². The van der Waals surface area contributed by atoms with Gasteiger partial charge in [0.25, 0.3) is 5.69 Å². The molecule has 1 aromatic rings. The molecule has 112 valence electrons. The Kier molecular flexibility index (Phi) is 5.24. The molecule has 0 aromatic heterocycles. The topological polar surface area (TPSA) is 84.6 Å². The summed E-state index contributed by atoms with van der Waals surface area (Å²) in [4.78, 5) is 22.2. The van der Waals surface area contributed by atoms with Crippen molar-refractivity contribution in [2.45, 2.75) is 17.4 Å². The van der Waals surface area contributed by atoms with Gasteiger partial charge in [-0.15, -0.1) is 23.5 Å². The molecule has 1 aliphatic heterocycles. The van der Waals surface area contributed by atoms with Gasteiger partial charge in [-0.2, -0.15) is 5.10 Å². The van der Waals surface area contributed by atoms with Gasteiger partial charge in [0, 0.05) is 17.6 Å². The summed E-state index contributed by atoms with van der Waals surface area (Å²) in [7, 11) is 0. The fourth-order valence-corrected chi connectivity index (χ4v) is 4.76. The summed E-state index contributed by atoms with van der Waals surface area (Å²) in [5.41, 5.74) is 2.75. The zero-order valence-corrected chi connectivity index (χ0v) is 13.1. The highest BCUT2D eigenvalue weighted by Crippen LogP contribution is 2.45. The van der Waals surface area contributed by atoms with Gasteiger partial charge in [0.1, 0.15) is 0 Å². The van der Waals surface area contributed by atoms with Crippen molar-refractivity contribution in [1.29, 1.82) is 0 Å². The Morgan fingerprint density at radius 1 is 1.48 bits per heavy atom. The van der Waals surface area contributed by atoms with E-state index in [1.165, 1.54) is 12.3 Å². The van der Waals surface area contributed by atoms with E-state index in [9.17, 15) is 14.9 Å². The molecule has 1 heterocycles. The molecule has 1 fully saturated rings. The predicted molar refractivity (Wildman–Crippen MR) is 86.8 cm³/mol. The van der Waals surface area contributed by atoms with Gasteiger partial charge < -0.3 is 0 Å². The molecule has 0 atom stereocenters. The quantitative estimate of drug-likeness (QED) is 0.511. The number of nitrogens with zero attached hydrogens (tertiary/aromatic N) is 2. The van der Waals surface area contributed by atoms with Crippen molar-refractivity contribution in [1.82, 2.24) is 5.43 Å². The van der Waals surface area contributed by atoms with E-state index >= 15 is 0 Å². The fourth-order valence-electron chi connectivity index (χ4n) is 1.93. The summed E-state index contributed by atoms with van der Waals surface area (Å²) in [6.07, 6.45) is 1.67. The monoisotopic (exact) mass is 325 g/mol. The van der Waals surface area contributed by atoms with Crippen LogP contribution in [0.4, 0.5) is 5.69 Å². The van der Waals surface area contributed by atoms with Crippen LogP contribution in [0.3, 0.4) is 0 Å². The van der Waals surface area contributed by atoms with Crippen LogP contribution in [0.2, 0.25) is 0 Å². The van der Waals surface area contributed by atoms with Crippen LogP contribution in [-0.4, -0.2) is 32.6 Å². The van der Waals surface area contributed by atoms with E-state index in [0.29, 0.717) is 12.0 Å². The maximum absolute atomic E-state index is 11.8. The van der Waals surface area contributed by atoms with E-state index in [0.717, 1.165) is 11.5 Å². The molecule has 1 amide bonds. The van der Waals surface area contributed by atoms with Gasteiger partial charge in [0.2, 0.25) is 5.91 Å². The first kappa shape index (κ1) is 15.8. The lowest BCUT2D eigenvalue weighted by molar-refractivity contribution is -0.385. The second-order valence-corrected chi connectivity index (χ2v) is 8.07. The number of carbonyl (C=O) groups is 1. The van der Waals surface area contributed by atoms with Crippen molar-refractivity contribution in [3.63, 3.8) is 0 Å². The van der Waals surface area contributed by atoms with Gasteiger partial charge in [-0.05, 0) is 13.0 Å². The number of rotatable bonds is 5. The number of thioether (sulfide) groups is 2. The average molecular weight is 325 g/mol. The smallest absolute Gasteiger partial charge is 0.273 e. The summed E-state index contributed by atoms with van der Waals surface area (Å²) in [6.45, 7) is 2.04. The van der Waals surface area contributed by atoms with Gasteiger partial charge in [0.15, 0.2) is 0 Å². The molecule has 0 unspecified atom stereocenters. The molecule has 2 rings (SSSR count). The highest BCUT2D eigenvalue weighted by molar-refractivity contribution is 8.21. The molecule has 1 saturated heterocycles. The summed E-state index contributed by atoms with van der Waals surface area (Å²) < 4.78 is -0.0989. The number of benzene rings is 1. The molecular weight excluding hydrogens is 310 g/mol. The number of nitrogens with one attached hydrogen (secondary N) is 1. The van der Waals surface area contributed by atoms with Crippen LogP contribution in [0, 0.1) is 10.1 Å². The third-order valence-corrected chi connectivity index (χ3v) is 6.20. The average Bonchev–Trinajstić information content (AvgIpc) is 2.85. The van der Waals surface area contributed by atoms with Gasteiger partial charge >= 0.3 is 0 Å². The van der Waals surface area contributed by atoms with Crippen molar-refractivity contribution in [3.05, 3.63) is 39.9 Å². The van der Waals surface area contributed by atoms with E-state index < -0.39 is 4.92 Å². The van der Waals surface area contributed by atoms with Crippen LogP contribution in [0.5, 0.6) is 0 Å². The first-order valence-corrected chi connectivity index (χ1v) is 8.30. The van der Waals surface area contributed by atoms with E-state index in [-0.39, 0.29) is 15.7 Å². The van der Waals surface area contributed by atoms with E-state index in [2.05, 4.69) is 10.5 Å². The highest BCUT2D eigenvalue weighted by atomic mass is 32.2. The van der Waals surface area contributed by atoms with Crippen LogP contribution in [0.15, 0.2) is 29.4 Å². The van der Waals surface area contributed by atoms with E-state index in [1.54, 1.807) is 41.7 Å². The molecule has 6 nitrogen and oxygen atoms in total. The molecular formula is C13H15N3O3S2. The second-order valence-electron chi connectivity index (χ2n) is 4.62. The van der Waals surface area contributed by atoms with E-state index in [1.807, 2.05) is 6.92 Å². The molecule has 1 aromatic carbocycles. The normalized spacial score (nSPS) is 17.0. The number of nitro benzene ring substituents is 1. The maximum Gasteiger partial charge on any atom is 0.278 e. The minimum atomic E-state index is -0.476. The Hall–Kier alpha value is -1.54. The number of amides is 1. The number of hydrogen-bond acceptors (Lipinski definition) is 6. The molecule has 1 aliphatic rings. The van der Waals surface area contributed by atoms with Crippen molar-refractivity contribution in [2.75, 3.05) is 11.5 Å². The van der Waals surface area contributed by atoms with Crippen LogP contribution in [0.1, 0.15) is 18.9 Å². The first-order valence-electron chi connectivity index (χ1n) is 6.33. The number of hydrazone groups is 1. The minimum absolute atomic E-state index is 0.0376. The SMILES string of the molecule is CC1(CC(=O)NN=Cc2ccccc2[N+](=O)[O-])SCCS1. The van der Waals surface area contributed by atoms with Crippen molar-refractivity contribution >= 4 is 41.3 Å². The first-order chi connectivity index (χ1) is 10.0. The highest BCUT2D eigenvalue weighted by Gasteiger charge is 2.32. The van der Waals surface area contributed by atoms with Crippen LogP contribution >= 0.6 is 23.5 Å². The fraction of sp³-hybridized carbons (Fsp3) is 0.385. The minimum Gasteiger partial charge on any atom is -0.273 e. The summed E-state index contributed by atoms with van der Waals surface area (Å²) in [6, 6.07) is 6.25. The molecule has 1 N–H and O–H groups in total. The molecule has 0 saturated carbocycles. The molecule has 0 radical (unpaired) electrons. The molecule has 0 spiro atoms. The molecule has 0 bridgehead atoms. The van der Waals surface area contributed by atoms with Crippen molar-refractivity contribution in [3.8, 4) is 0 Å². The van der Waals surface area contributed by atoms with Gasteiger partial charge in [0.05, 0.1) is 27.2 Å². The summed E-state index contributed by atoms with van der Waals surface area (Å²) in [5.74, 6) is 1.91. The van der Waals surface area contributed by atoms with Crippen molar-refractivity contribution < 1.29 is 9.72 Å². The van der Waals surface area contributed by atoms with Crippen LogP contribution in [0.25, 0.3) is 0 Å². The van der Waals surface area contributed by atoms with Gasteiger partial charge in [-0.3, -0.25) is 14.9 Å². The Bertz CT molecular complexity index is 572. The van der Waals surface area contributed by atoms with Gasteiger partial charge in [-0.25, -0.2) is 5.43 Å². The second kappa shape index (κ2) is 6.95. The summed E-state index contributed by atoms with van der Waals surface area (Å²) >= 11 is 3.54. The number of para-hydroxylation sites is 1. The maximum atomic E-state index is 11.8. The third kappa shape index (κ3) is 4.47. The molecule has 0 aliphatic carbocycles. The Morgan fingerprint density at radius 3 is 2.81 bits per heavy atom. The lowest BCUT2D eigenvalue weighted by Crippen LogP contribution is -2.26. The zero-order chi connectivity index (χ0) is 15.3. The Morgan fingerprint density at radius 2 is 2.14 bits per heavy atom. The van der Waals surface area contributed by atoms with E-state index in [4.69, 9.17) is 0 Å². The number of hydrogen-bond donors (Lipinski definition) is 1. The lowest BCUT2D eigenvalue weighted by atomic mass is 10.2. The summed E-state index contributed by atoms with van der Waals surface area (Å²) in [5, 5.41) is 14.7. The number of carbonyl (C=O) groups excluding carboxylic acids is 1. The Labute approximate surface area is 130 Å². The third-order valence-electron chi connectivity index (χ3n) is 2.91. The number of nitro groups is 1. The van der Waals surface area contributed by atoms with Crippen LogP contribution < -0.4 is 5.43 Å². The van der Waals surface area contributed by atoms with Gasteiger partial charge in [-0.1, -0.05) is 12.1 Å². The van der Waals surface area contributed by atoms with Crippen LogP contribution in [-0.2, 0) is 4.79 Å². The molecule has 8 heteroatoms. The lowest BCUT2D eigenvalue weighted by Gasteiger charge is -2.19.